The minimum atomic E-state index is -0.582. The lowest BCUT2D eigenvalue weighted by Gasteiger charge is -2.43. The van der Waals surface area contributed by atoms with Gasteiger partial charge in [-0.25, -0.2) is 4.98 Å². The molecule has 1 amide bonds. The van der Waals surface area contributed by atoms with E-state index >= 15 is 0 Å². The Labute approximate surface area is 192 Å². The summed E-state index contributed by atoms with van der Waals surface area (Å²) in [4.78, 5) is 21.8. The van der Waals surface area contributed by atoms with E-state index in [0.717, 1.165) is 44.3 Å². The zero-order valence-corrected chi connectivity index (χ0v) is 18.5. The van der Waals surface area contributed by atoms with Gasteiger partial charge in [-0.2, -0.15) is 5.26 Å². The van der Waals surface area contributed by atoms with Gasteiger partial charge in [-0.05, 0) is 48.4 Å². The van der Waals surface area contributed by atoms with Crippen LogP contribution in [0.15, 0.2) is 48.8 Å². The Bertz CT molecular complexity index is 1270. The first-order chi connectivity index (χ1) is 16.1. The van der Waals surface area contributed by atoms with Crippen LogP contribution in [-0.4, -0.2) is 62.0 Å². The molecule has 168 valence electrons. The van der Waals surface area contributed by atoms with Crippen LogP contribution in [0.1, 0.15) is 46.4 Å². The largest absolute Gasteiger partial charge is 0.390 e. The van der Waals surface area contributed by atoms with E-state index in [-0.39, 0.29) is 17.4 Å². The number of rotatable bonds is 3. The minimum absolute atomic E-state index is 0.0618. The summed E-state index contributed by atoms with van der Waals surface area (Å²) in [5.74, 6) is -0.150. The van der Waals surface area contributed by atoms with Crippen molar-refractivity contribution in [2.75, 3.05) is 19.6 Å². The molecule has 0 spiro atoms. The third kappa shape index (κ3) is 3.50. The molecule has 4 heterocycles. The lowest BCUT2D eigenvalue weighted by atomic mass is 9.94. The maximum absolute atomic E-state index is 13.2. The van der Waals surface area contributed by atoms with Gasteiger partial charge in [0.15, 0.2) is 0 Å². The van der Waals surface area contributed by atoms with Crippen molar-refractivity contribution in [2.45, 2.75) is 49.8 Å². The van der Waals surface area contributed by atoms with Crippen molar-refractivity contribution in [1.29, 1.82) is 5.26 Å². The molecular weight excluding hydrogens is 414 g/mol. The molecule has 7 heteroatoms. The smallest absolute Gasteiger partial charge is 0.274 e. The zero-order valence-electron chi connectivity index (χ0n) is 18.5. The molecule has 1 saturated heterocycles. The fourth-order valence-electron chi connectivity index (χ4n) is 5.46. The Kier molecular flexibility index (Phi) is 4.75. The maximum atomic E-state index is 13.2. The molecule has 1 aliphatic carbocycles. The van der Waals surface area contributed by atoms with Crippen LogP contribution >= 0.6 is 0 Å². The normalized spacial score (nSPS) is 24.3. The van der Waals surface area contributed by atoms with Crippen molar-refractivity contribution in [1.82, 2.24) is 19.2 Å². The first-order valence-corrected chi connectivity index (χ1v) is 11.7. The number of hydrogen-bond donors (Lipinski definition) is 1. The number of pyridine rings is 1. The highest BCUT2D eigenvalue weighted by molar-refractivity contribution is 5.93. The van der Waals surface area contributed by atoms with Crippen molar-refractivity contribution in [3.63, 3.8) is 0 Å². The fraction of sp³-hybridized carbons (Fsp3) is 0.423. The Morgan fingerprint density at radius 3 is 2.70 bits per heavy atom. The number of aromatic nitrogens is 2. The lowest BCUT2D eigenvalue weighted by molar-refractivity contribution is -0.0139. The molecule has 2 aromatic heterocycles. The molecule has 2 fully saturated rings. The number of likely N-dealkylation sites (tertiary alicyclic amines) is 1. The number of fused-ring (bicyclic) bond motifs is 2. The number of aliphatic hydroxyl groups excluding tert-OH is 1. The van der Waals surface area contributed by atoms with E-state index in [1.807, 2.05) is 22.7 Å². The lowest BCUT2D eigenvalue weighted by Crippen LogP contribution is -2.56. The van der Waals surface area contributed by atoms with E-state index in [9.17, 15) is 15.2 Å². The number of carbonyl (C=O) groups is 1. The van der Waals surface area contributed by atoms with E-state index in [0.29, 0.717) is 24.4 Å². The fourth-order valence-corrected chi connectivity index (χ4v) is 5.46. The van der Waals surface area contributed by atoms with Gasteiger partial charge in [-0.15, -0.1) is 0 Å². The summed E-state index contributed by atoms with van der Waals surface area (Å²) in [5, 5.41) is 20.4. The molecule has 6 rings (SSSR count). The van der Waals surface area contributed by atoms with Crippen LogP contribution in [0, 0.1) is 11.3 Å². The number of carbonyl (C=O) groups excluding carboxylic acids is 1. The molecule has 3 aromatic rings. The molecule has 0 radical (unpaired) electrons. The van der Waals surface area contributed by atoms with Gasteiger partial charge in [0.25, 0.3) is 5.91 Å². The van der Waals surface area contributed by atoms with Crippen molar-refractivity contribution in [3.8, 4) is 6.07 Å². The van der Waals surface area contributed by atoms with Gasteiger partial charge in [0.2, 0.25) is 0 Å². The molecular formula is C26H27N5O2. The highest BCUT2D eigenvalue weighted by atomic mass is 16.3. The average molecular weight is 442 g/mol. The molecule has 1 saturated carbocycles. The molecule has 0 unspecified atom stereocenters. The van der Waals surface area contributed by atoms with Crippen molar-refractivity contribution >= 4 is 11.6 Å². The van der Waals surface area contributed by atoms with Gasteiger partial charge >= 0.3 is 0 Å². The molecule has 7 nitrogen and oxygen atoms in total. The monoisotopic (exact) mass is 441 g/mol. The summed E-state index contributed by atoms with van der Waals surface area (Å²) in [5.41, 5.74) is 4.41. The van der Waals surface area contributed by atoms with E-state index < -0.39 is 6.10 Å². The van der Waals surface area contributed by atoms with E-state index in [1.165, 1.54) is 11.1 Å². The van der Waals surface area contributed by atoms with Gasteiger partial charge in [0.05, 0.1) is 17.6 Å². The summed E-state index contributed by atoms with van der Waals surface area (Å²) < 4.78 is 1.84. The number of aliphatic hydroxyl groups is 1. The third-order valence-electron chi connectivity index (χ3n) is 7.65. The number of piperidine rings is 1. The molecule has 2 aliphatic heterocycles. The second-order valence-corrected chi connectivity index (χ2v) is 9.67. The van der Waals surface area contributed by atoms with Crippen LogP contribution < -0.4 is 0 Å². The van der Waals surface area contributed by atoms with Crippen molar-refractivity contribution < 1.29 is 9.90 Å². The van der Waals surface area contributed by atoms with Gasteiger partial charge in [0.1, 0.15) is 11.3 Å². The van der Waals surface area contributed by atoms with Crippen LogP contribution in [0.3, 0.4) is 0 Å². The van der Waals surface area contributed by atoms with Crippen LogP contribution in [0.4, 0.5) is 0 Å². The topological polar surface area (TPSA) is 84.9 Å². The molecule has 1 N–H and O–H groups in total. The SMILES string of the molecule is N#CC1(c2ccc3nc(C(=O)N4CC[C@H](N5CCc6ccccc6C5)[C@@H](O)C4)cn3c2)CC1. The minimum Gasteiger partial charge on any atom is -0.390 e. The standard InChI is InChI=1S/C26H27N5O2/c27-17-26(9-10-26)20-5-6-24-28-21(15-31(24)14-20)25(33)30-12-8-22(23(32)16-30)29-11-7-18-3-1-2-4-19(18)13-29/h1-6,14-15,22-23,32H,7-13,16H2/t22-,23-/m0/s1. The summed E-state index contributed by atoms with van der Waals surface area (Å²) in [7, 11) is 0. The highest BCUT2D eigenvalue weighted by Gasteiger charge is 2.45. The van der Waals surface area contributed by atoms with Gasteiger partial charge < -0.3 is 14.4 Å². The Balaban J connectivity index is 1.15. The highest BCUT2D eigenvalue weighted by Crippen LogP contribution is 2.47. The molecule has 33 heavy (non-hydrogen) atoms. The quantitative estimate of drug-likeness (QED) is 0.675. The Morgan fingerprint density at radius 1 is 1.12 bits per heavy atom. The summed E-state index contributed by atoms with van der Waals surface area (Å²) >= 11 is 0. The van der Waals surface area contributed by atoms with E-state index in [2.05, 4.69) is 40.2 Å². The second-order valence-electron chi connectivity index (χ2n) is 9.67. The number of hydrogen-bond acceptors (Lipinski definition) is 5. The molecule has 1 aromatic carbocycles. The van der Waals surface area contributed by atoms with Gasteiger partial charge in [-0.3, -0.25) is 9.69 Å². The summed E-state index contributed by atoms with van der Waals surface area (Å²) in [6, 6.07) is 14.8. The summed E-state index contributed by atoms with van der Waals surface area (Å²) in [6.45, 7) is 2.71. The first kappa shape index (κ1) is 20.4. The van der Waals surface area contributed by atoms with E-state index in [4.69, 9.17) is 0 Å². The number of nitriles is 1. The maximum Gasteiger partial charge on any atom is 0.274 e. The van der Waals surface area contributed by atoms with Crippen molar-refractivity contribution in [3.05, 3.63) is 71.2 Å². The predicted molar refractivity (Wildman–Crippen MR) is 123 cm³/mol. The number of benzene rings is 1. The number of imidazole rings is 1. The van der Waals surface area contributed by atoms with Gasteiger partial charge in [0, 0.05) is 44.6 Å². The molecule has 3 aliphatic rings. The van der Waals surface area contributed by atoms with Crippen LogP contribution in [0.5, 0.6) is 0 Å². The zero-order chi connectivity index (χ0) is 22.6. The predicted octanol–water partition coefficient (Wildman–Crippen LogP) is 2.52. The van der Waals surface area contributed by atoms with Crippen LogP contribution in [-0.2, 0) is 18.4 Å². The molecule has 2 atom stereocenters. The third-order valence-corrected chi connectivity index (χ3v) is 7.65. The van der Waals surface area contributed by atoms with Crippen molar-refractivity contribution in [2.24, 2.45) is 0 Å². The van der Waals surface area contributed by atoms with Gasteiger partial charge in [-0.1, -0.05) is 30.3 Å². The first-order valence-electron chi connectivity index (χ1n) is 11.7. The number of β-amino-alcohol motifs (C(OH)–C–C–N with tert-alkyl or cyclic N) is 1. The Hall–Kier alpha value is -3.21. The molecule has 0 bridgehead atoms. The Morgan fingerprint density at radius 2 is 1.94 bits per heavy atom. The number of amides is 1. The second kappa shape index (κ2) is 7.68. The number of nitrogens with zero attached hydrogens (tertiary/aromatic N) is 5. The van der Waals surface area contributed by atoms with Crippen LogP contribution in [0.25, 0.3) is 5.65 Å². The van der Waals surface area contributed by atoms with E-state index in [1.54, 1.807) is 11.1 Å². The average Bonchev–Trinajstić information content (AvgIpc) is 3.54. The summed E-state index contributed by atoms with van der Waals surface area (Å²) in [6.07, 6.45) is 6.59. The van der Waals surface area contributed by atoms with Crippen LogP contribution in [0.2, 0.25) is 0 Å².